The molecule has 100 valence electrons. The van der Waals surface area contributed by atoms with Gasteiger partial charge >= 0.3 is 0 Å². The Bertz CT molecular complexity index is 669. The predicted octanol–water partition coefficient (Wildman–Crippen LogP) is 1.71. The first kappa shape index (κ1) is 13.3. The topological polar surface area (TPSA) is 81.2 Å². The van der Waals surface area contributed by atoms with E-state index < -0.39 is 9.84 Å². The molecule has 0 aliphatic rings. The Labute approximate surface area is 111 Å². The van der Waals surface area contributed by atoms with Gasteiger partial charge in [-0.2, -0.15) is 0 Å². The van der Waals surface area contributed by atoms with Crippen LogP contribution >= 0.6 is 0 Å². The largest absolute Gasteiger partial charge is 0.439 e. The lowest BCUT2D eigenvalue weighted by Gasteiger charge is -2.06. The van der Waals surface area contributed by atoms with Crippen molar-refractivity contribution in [2.24, 2.45) is 0 Å². The summed E-state index contributed by atoms with van der Waals surface area (Å²) >= 11 is 0. The lowest BCUT2D eigenvalue weighted by molar-refractivity contribution is 0.461. The van der Waals surface area contributed by atoms with Crippen LogP contribution in [0.15, 0.2) is 41.6 Å². The number of aromatic nitrogens is 2. The van der Waals surface area contributed by atoms with Crippen molar-refractivity contribution in [3.8, 4) is 11.6 Å². The average Bonchev–Trinajstić information content (AvgIpc) is 2.38. The highest BCUT2D eigenvalue weighted by Gasteiger charge is 2.07. The van der Waals surface area contributed by atoms with Crippen molar-refractivity contribution in [1.82, 2.24) is 9.97 Å². The van der Waals surface area contributed by atoms with Crippen molar-refractivity contribution in [1.29, 1.82) is 0 Å². The number of nitrogens with zero attached hydrogens (tertiary/aromatic N) is 2. The van der Waals surface area contributed by atoms with Gasteiger partial charge in [0.1, 0.15) is 17.9 Å². The summed E-state index contributed by atoms with van der Waals surface area (Å²) in [4.78, 5) is 8.18. The quantitative estimate of drug-likeness (QED) is 0.917. The summed E-state index contributed by atoms with van der Waals surface area (Å²) < 4.78 is 28.1. The molecule has 2 aromatic rings. The van der Waals surface area contributed by atoms with Crippen LogP contribution in [0, 0.1) is 0 Å². The molecule has 0 atom stereocenters. The minimum absolute atomic E-state index is 0.249. The van der Waals surface area contributed by atoms with Crippen molar-refractivity contribution < 1.29 is 13.2 Å². The van der Waals surface area contributed by atoms with Crippen molar-refractivity contribution in [2.45, 2.75) is 4.90 Å². The van der Waals surface area contributed by atoms with E-state index in [-0.39, 0.29) is 4.90 Å². The van der Waals surface area contributed by atoms with Crippen molar-refractivity contribution in [3.63, 3.8) is 0 Å². The molecule has 1 aromatic carbocycles. The van der Waals surface area contributed by atoms with E-state index in [0.29, 0.717) is 17.4 Å². The van der Waals surface area contributed by atoms with E-state index in [1.807, 2.05) is 0 Å². The molecule has 1 N–H and O–H groups in total. The Kier molecular flexibility index (Phi) is 3.66. The van der Waals surface area contributed by atoms with Gasteiger partial charge in [-0.1, -0.05) is 0 Å². The van der Waals surface area contributed by atoms with Gasteiger partial charge in [-0.25, -0.2) is 18.4 Å². The predicted molar refractivity (Wildman–Crippen MR) is 71.2 cm³/mol. The highest BCUT2D eigenvalue weighted by Crippen LogP contribution is 2.22. The molecule has 19 heavy (non-hydrogen) atoms. The second-order valence-corrected chi connectivity index (χ2v) is 5.85. The van der Waals surface area contributed by atoms with Crippen LogP contribution in [-0.2, 0) is 9.84 Å². The lowest BCUT2D eigenvalue weighted by Crippen LogP contribution is -1.97. The van der Waals surface area contributed by atoms with Crippen molar-refractivity contribution in [2.75, 3.05) is 18.6 Å². The Morgan fingerprint density at radius 3 is 2.42 bits per heavy atom. The summed E-state index contributed by atoms with van der Waals surface area (Å²) in [6.45, 7) is 0. The van der Waals surface area contributed by atoms with Crippen molar-refractivity contribution in [3.05, 3.63) is 36.7 Å². The smallest absolute Gasteiger partial charge is 0.224 e. The molecule has 0 saturated carbocycles. The maximum atomic E-state index is 11.3. The monoisotopic (exact) mass is 279 g/mol. The molecular formula is C12H13N3O3S. The molecule has 0 aliphatic carbocycles. The van der Waals surface area contributed by atoms with Crippen LogP contribution in [0.4, 0.5) is 5.82 Å². The minimum atomic E-state index is -3.19. The first-order chi connectivity index (χ1) is 8.99. The zero-order valence-electron chi connectivity index (χ0n) is 10.5. The van der Waals surface area contributed by atoms with E-state index in [1.165, 1.54) is 18.5 Å². The van der Waals surface area contributed by atoms with E-state index in [1.54, 1.807) is 25.2 Å². The number of sulfone groups is 1. The van der Waals surface area contributed by atoms with Crippen LogP contribution in [0.25, 0.3) is 0 Å². The molecule has 0 saturated heterocycles. The Hall–Kier alpha value is -2.15. The molecule has 1 heterocycles. The molecule has 2 rings (SSSR count). The maximum absolute atomic E-state index is 11.3. The van der Waals surface area contributed by atoms with Gasteiger partial charge in [-0.15, -0.1) is 0 Å². The molecule has 0 bridgehead atoms. The summed E-state index contributed by atoms with van der Waals surface area (Å²) in [7, 11) is -1.45. The highest BCUT2D eigenvalue weighted by atomic mass is 32.2. The zero-order valence-corrected chi connectivity index (χ0v) is 11.3. The van der Waals surface area contributed by atoms with Gasteiger partial charge in [0.25, 0.3) is 0 Å². The standard InChI is InChI=1S/C12H13N3O3S/c1-13-11-7-12(15-8-14-11)18-9-3-5-10(6-4-9)19(2,16)17/h3-8H,1-2H3,(H,13,14,15). The molecule has 0 spiro atoms. The SMILES string of the molecule is CNc1cc(Oc2ccc(S(C)(=O)=O)cc2)ncn1. The molecule has 0 amide bonds. The van der Waals surface area contributed by atoms with E-state index in [9.17, 15) is 8.42 Å². The first-order valence-corrected chi connectivity index (χ1v) is 7.36. The number of anilines is 1. The molecule has 6 nitrogen and oxygen atoms in total. The van der Waals surface area contributed by atoms with Gasteiger partial charge in [-0.3, -0.25) is 0 Å². The third kappa shape index (κ3) is 3.41. The minimum Gasteiger partial charge on any atom is -0.439 e. The van der Waals surface area contributed by atoms with Crippen LogP contribution in [0.1, 0.15) is 0 Å². The fourth-order valence-electron chi connectivity index (χ4n) is 1.41. The third-order valence-electron chi connectivity index (χ3n) is 2.37. The summed E-state index contributed by atoms with van der Waals surface area (Å²) in [6.07, 6.45) is 2.54. The Morgan fingerprint density at radius 1 is 1.16 bits per heavy atom. The van der Waals surface area contributed by atoms with Gasteiger partial charge in [0.05, 0.1) is 4.90 Å². The van der Waals surface area contributed by atoms with Crippen LogP contribution in [0.2, 0.25) is 0 Å². The van der Waals surface area contributed by atoms with Gasteiger partial charge < -0.3 is 10.1 Å². The summed E-state index contributed by atoms with van der Waals surface area (Å²) in [5, 5.41) is 2.87. The van der Waals surface area contributed by atoms with Crippen molar-refractivity contribution >= 4 is 15.7 Å². The molecule has 7 heteroatoms. The van der Waals surface area contributed by atoms with Crippen LogP contribution in [-0.4, -0.2) is 31.7 Å². The Morgan fingerprint density at radius 2 is 1.84 bits per heavy atom. The normalized spacial score (nSPS) is 11.1. The zero-order chi connectivity index (χ0) is 13.9. The number of rotatable bonds is 4. The number of nitrogens with one attached hydrogen (secondary N) is 1. The second-order valence-electron chi connectivity index (χ2n) is 3.84. The molecule has 0 aliphatic heterocycles. The van der Waals surface area contributed by atoms with Crippen LogP contribution in [0.3, 0.4) is 0 Å². The number of benzene rings is 1. The summed E-state index contributed by atoms with van der Waals surface area (Å²) in [5.41, 5.74) is 0. The number of ether oxygens (including phenoxy) is 1. The van der Waals surface area contributed by atoms with Crippen LogP contribution < -0.4 is 10.1 Å². The summed E-state index contributed by atoms with van der Waals surface area (Å²) in [5.74, 6) is 1.53. The average molecular weight is 279 g/mol. The van der Waals surface area contributed by atoms with Gasteiger partial charge in [-0.05, 0) is 24.3 Å². The molecular weight excluding hydrogens is 266 g/mol. The number of hydrogen-bond acceptors (Lipinski definition) is 6. The third-order valence-corrected chi connectivity index (χ3v) is 3.50. The van der Waals surface area contributed by atoms with Gasteiger partial charge in [0.2, 0.25) is 5.88 Å². The summed E-state index contributed by atoms with van der Waals surface area (Å²) in [6, 6.07) is 7.79. The fourth-order valence-corrected chi connectivity index (χ4v) is 2.04. The fraction of sp³-hybridized carbons (Fsp3) is 0.167. The van der Waals surface area contributed by atoms with E-state index in [4.69, 9.17) is 4.74 Å². The Balaban J connectivity index is 2.19. The molecule has 0 radical (unpaired) electrons. The van der Waals surface area contributed by atoms with Gasteiger partial charge in [0.15, 0.2) is 9.84 Å². The van der Waals surface area contributed by atoms with Crippen LogP contribution in [0.5, 0.6) is 11.6 Å². The molecule has 0 unspecified atom stereocenters. The number of hydrogen-bond donors (Lipinski definition) is 1. The first-order valence-electron chi connectivity index (χ1n) is 5.47. The lowest BCUT2D eigenvalue weighted by atomic mass is 10.3. The van der Waals surface area contributed by atoms with Gasteiger partial charge in [0, 0.05) is 19.4 Å². The van der Waals surface area contributed by atoms with E-state index in [2.05, 4.69) is 15.3 Å². The molecule has 1 aromatic heterocycles. The maximum Gasteiger partial charge on any atom is 0.224 e. The highest BCUT2D eigenvalue weighted by molar-refractivity contribution is 7.90. The molecule has 0 fully saturated rings. The van der Waals surface area contributed by atoms with E-state index >= 15 is 0 Å². The second kappa shape index (κ2) is 5.23. The van der Waals surface area contributed by atoms with E-state index in [0.717, 1.165) is 6.26 Å².